The molecule has 0 saturated heterocycles. The molecule has 0 unspecified atom stereocenters. The van der Waals surface area contributed by atoms with Crippen LogP contribution in [0.3, 0.4) is 0 Å². The normalized spacial score (nSPS) is 17.0. The molecule has 2 aromatic heterocycles. The van der Waals surface area contributed by atoms with Crippen molar-refractivity contribution in [2.45, 2.75) is 18.4 Å². The quantitative estimate of drug-likeness (QED) is 0.463. The number of hydrogen-bond acceptors (Lipinski definition) is 4. The summed E-state index contributed by atoms with van der Waals surface area (Å²) in [6, 6.07) is 28.0. The molecule has 2 atom stereocenters. The van der Waals surface area contributed by atoms with Gasteiger partial charge >= 0.3 is 0 Å². The van der Waals surface area contributed by atoms with Crippen LogP contribution in [0.15, 0.2) is 97.3 Å². The van der Waals surface area contributed by atoms with E-state index in [0.29, 0.717) is 23.1 Å². The molecule has 5 rings (SSSR count). The van der Waals surface area contributed by atoms with Crippen LogP contribution in [0.25, 0.3) is 11.1 Å². The average molecular weight is 406 g/mol. The van der Waals surface area contributed by atoms with Crippen molar-refractivity contribution in [1.82, 2.24) is 15.3 Å². The van der Waals surface area contributed by atoms with Gasteiger partial charge in [0.1, 0.15) is 11.6 Å². The first-order chi connectivity index (χ1) is 15.3. The zero-order valence-electron chi connectivity index (χ0n) is 16.9. The van der Waals surface area contributed by atoms with Crippen LogP contribution in [0.2, 0.25) is 0 Å². The summed E-state index contributed by atoms with van der Waals surface area (Å²) in [6.45, 7) is 0. The molecule has 152 valence electrons. The van der Waals surface area contributed by atoms with E-state index in [9.17, 15) is 4.79 Å². The molecular formula is C26H22N4O. The maximum absolute atomic E-state index is 12.7. The first kappa shape index (κ1) is 19.0. The minimum absolute atomic E-state index is 0.0822. The zero-order chi connectivity index (χ0) is 21.0. The molecule has 0 bridgehead atoms. The van der Waals surface area contributed by atoms with E-state index in [2.05, 4.69) is 44.9 Å². The number of pyridine rings is 2. The van der Waals surface area contributed by atoms with Gasteiger partial charge in [-0.3, -0.25) is 4.79 Å². The van der Waals surface area contributed by atoms with Gasteiger partial charge in [-0.15, -0.1) is 0 Å². The number of anilines is 2. The Morgan fingerprint density at radius 3 is 2.32 bits per heavy atom. The Balaban J connectivity index is 1.23. The van der Waals surface area contributed by atoms with E-state index in [1.54, 1.807) is 18.3 Å². The van der Waals surface area contributed by atoms with E-state index in [-0.39, 0.29) is 11.9 Å². The lowest BCUT2D eigenvalue weighted by molar-refractivity contribution is 0.0950. The van der Waals surface area contributed by atoms with Gasteiger partial charge in [0.05, 0.1) is 0 Å². The summed E-state index contributed by atoms with van der Waals surface area (Å²) in [4.78, 5) is 21.5. The van der Waals surface area contributed by atoms with Crippen LogP contribution in [0.1, 0.15) is 28.3 Å². The number of carbonyl (C=O) groups excluding carboxylic acids is 1. The summed E-state index contributed by atoms with van der Waals surface area (Å²) in [5.74, 6) is 1.58. The third-order valence-corrected chi connectivity index (χ3v) is 5.48. The first-order valence-electron chi connectivity index (χ1n) is 10.4. The Bertz CT molecular complexity index is 1180. The summed E-state index contributed by atoms with van der Waals surface area (Å²) in [5.41, 5.74) is 4.02. The summed E-state index contributed by atoms with van der Waals surface area (Å²) in [6.07, 6.45) is 4.44. The molecular weight excluding hydrogens is 384 g/mol. The van der Waals surface area contributed by atoms with Gasteiger partial charge in [-0.1, -0.05) is 60.7 Å². The lowest BCUT2D eigenvalue weighted by Gasteiger charge is -2.09. The van der Waals surface area contributed by atoms with Gasteiger partial charge in [0.2, 0.25) is 0 Å². The molecule has 1 fully saturated rings. The van der Waals surface area contributed by atoms with E-state index in [0.717, 1.165) is 17.5 Å². The minimum atomic E-state index is -0.0822. The molecule has 1 aliphatic carbocycles. The standard InChI is InChI=1S/C26H22N4O/c31-26(29-23-16-22(23)19-9-5-2-6-10-19)20-13-14-27-25(15-20)30-24-12-11-21(17-28-24)18-7-3-1-4-8-18/h1-15,17,22-23H,16H2,(H,29,31)(H,27,28,30)/t22-,23+/m0/s1. The SMILES string of the molecule is O=C(N[C@@H]1C[C@H]1c1ccccc1)c1ccnc(Nc2ccc(-c3ccccc3)cn2)c1. The molecule has 2 N–H and O–H groups in total. The van der Waals surface area contributed by atoms with Gasteiger partial charge in [0.25, 0.3) is 5.91 Å². The number of benzene rings is 2. The van der Waals surface area contributed by atoms with Crippen molar-refractivity contribution in [2.75, 3.05) is 5.32 Å². The molecule has 0 radical (unpaired) electrons. The summed E-state index contributed by atoms with van der Waals surface area (Å²) >= 11 is 0. The van der Waals surface area contributed by atoms with Crippen LogP contribution >= 0.6 is 0 Å². The smallest absolute Gasteiger partial charge is 0.251 e. The third-order valence-electron chi connectivity index (χ3n) is 5.48. The predicted molar refractivity (Wildman–Crippen MR) is 122 cm³/mol. The number of rotatable bonds is 6. The fourth-order valence-corrected chi connectivity index (χ4v) is 3.72. The summed E-state index contributed by atoms with van der Waals surface area (Å²) in [5, 5.41) is 6.30. The van der Waals surface area contributed by atoms with Crippen LogP contribution in [0, 0.1) is 0 Å². The van der Waals surface area contributed by atoms with Gasteiger partial charge in [-0.25, -0.2) is 9.97 Å². The third kappa shape index (κ3) is 4.46. The topological polar surface area (TPSA) is 66.9 Å². The number of hydrogen-bond donors (Lipinski definition) is 2. The highest BCUT2D eigenvalue weighted by molar-refractivity contribution is 5.95. The number of aromatic nitrogens is 2. The highest BCUT2D eigenvalue weighted by Gasteiger charge is 2.39. The second kappa shape index (κ2) is 8.40. The van der Waals surface area contributed by atoms with Crippen molar-refractivity contribution in [2.24, 2.45) is 0 Å². The van der Waals surface area contributed by atoms with Crippen LogP contribution < -0.4 is 10.6 Å². The number of amides is 1. The van der Waals surface area contributed by atoms with Crippen LogP contribution in [0.4, 0.5) is 11.6 Å². The maximum atomic E-state index is 12.7. The Labute approximate surface area is 181 Å². The van der Waals surface area contributed by atoms with Gasteiger partial charge < -0.3 is 10.6 Å². The molecule has 1 saturated carbocycles. The monoisotopic (exact) mass is 406 g/mol. The molecule has 2 aromatic carbocycles. The fourth-order valence-electron chi connectivity index (χ4n) is 3.72. The predicted octanol–water partition coefficient (Wildman–Crippen LogP) is 5.17. The fraction of sp³-hybridized carbons (Fsp3) is 0.115. The molecule has 0 spiro atoms. The second-order valence-corrected chi connectivity index (χ2v) is 7.69. The van der Waals surface area contributed by atoms with E-state index in [1.165, 1.54) is 5.56 Å². The van der Waals surface area contributed by atoms with Crippen molar-refractivity contribution < 1.29 is 4.79 Å². The lowest BCUT2D eigenvalue weighted by atomic mass is 10.1. The van der Waals surface area contributed by atoms with Gasteiger partial charge in [-0.2, -0.15) is 0 Å². The molecule has 0 aliphatic heterocycles. The Morgan fingerprint density at radius 2 is 1.58 bits per heavy atom. The maximum Gasteiger partial charge on any atom is 0.251 e. The molecule has 1 amide bonds. The number of nitrogens with one attached hydrogen (secondary N) is 2. The zero-order valence-corrected chi connectivity index (χ0v) is 16.9. The van der Waals surface area contributed by atoms with E-state index < -0.39 is 0 Å². The molecule has 5 heteroatoms. The van der Waals surface area contributed by atoms with Crippen LogP contribution in [-0.4, -0.2) is 21.9 Å². The number of carbonyl (C=O) groups is 1. The Kier molecular flexibility index (Phi) is 5.15. The van der Waals surface area contributed by atoms with Crippen molar-refractivity contribution in [3.05, 3.63) is 108 Å². The van der Waals surface area contributed by atoms with Crippen LogP contribution in [-0.2, 0) is 0 Å². The molecule has 5 nitrogen and oxygen atoms in total. The van der Waals surface area contributed by atoms with Crippen molar-refractivity contribution in [3.63, 3.8) is 0 Å². The average Bonchev–Trinajstić information content (AvgIpc) is 3.60. The molecule has 2 heterocycles. The summed E-state index contributed by atoms with van der Waals surface area (Å²) in [7, 11) is 0. The van der Waals surface area contributed by atoms with E-state index in [4.69, 9.17) is 0 Å². The van der Waals surface area contributed by atoms with Crippen molar-refractivity contribution >= 4 is 17.5 Å². The van der Waals surface area contributed by atoms with Crippen molar-refractivity contribution in [3.8, 4) is 11.1 Å². The van der Waals surface area contributed by atoms with E-state index in [1.807, 2.05) is 54.7 Å². The molecule has 1 aliphatic rings. The number of nitrogens with zero attached hydrogens (tertiary/aromatic N) is 2. The highest BCUT2D eigenvalue weighted by atomic mass is 16.1. The minimum Gasteiger partial charge on any atom is -0.349 e. The second-order valence-electron chi connectivity index (χ2n) is 7.69. The lowest BCUT2D eigenvalue weighted by Crippen LogP contribution is -2.26. The largest absolute Gasteiger partial charge is 0.349 e. The molecule has 31 heavy (non-hydrogen) atoms. The van der Waals surface area contributed by atoms with Gasteiger partial charge in [0, 0.05) is 35.5 Å². The highest BCUT2D eigenvalue weighted by Crippen LogP contribution is 2.40. The van der Waals surface area contributed by atoms with E-state index >= 15 is 0 Å². The molecule has 4 aromatic rings. The van der Waals surface area contributed by atoms with Crippen LogP contribution in [0.5, 0.6) is 0 Å². The Morgan fingerprint density at radius 1 is 0.806 bits per heavy atom. The van der Waals surface area contributed by atoms with Gasteiger partial charge in [-0.05, 0) is 41.8 Å². The van der Waals surface area contributed by atoms with Crippen molar-refractivity contribution in [1.29, 1.82) is 0 Å². The van der Waals surface area contributed by atoms with Gasteiger partial charge in [0.15, 0.2) is 0 Å². The summed E-state index contributed by atoms with van der Waals surface area (Å²) < 4.78 is 0. The first-order valence-corrected chi connectivity index (χ1v) is 10.4. The Hall–Kier alpha value is -3.99.